The van der Waals surface area contributed by atoms with Gasteiger partial charge >= 0.3 is 0 Å². The molecule has 0 saturated carbocycles. The standard InChI is InChI=1S/C21H30N6O2.HI/c1-15-4-6-16(7-5-15)20-25-18(14-29-20)12-24-21(23-3)26-17-8-10-27(11-9-17)13-19(28)22-2;/h4-7,14,17H,8-13H2,1-3H3,(H,22,28)(H2,23,24,26);1H. The Hall–Kier alpha value is -2.14. The van der Waals surface area contributed by atoms with E-state index in [9.17, 15) is 4.79 Å². The van der Waals surface area contributed by atoms with Crippen LogP contribution in [0.15, 0.2) is 39.9 Å². The van der Waals surface area contributed by atoms with Crippen molar-refractivity contribution in [1.82, 2.24) is 25.8 Å². The number of amides is 1. The average Bonchev–Trinajstić information content (AvgIpc) is 3.21. The number of carbonyl (C=O) groups excluding carboxylic acids is 1. The van der Waals surface area contributed by atoms with Crippen molar-refractivity contribution in [1.29, 1.82) is 0 Å². The maximum Gasteiger partial charge on any atom is 0.233 e. The molecular weight excluding hydrogens is 495 g/mol. The van der Waals surface area contributed by atoms with Crippen molar-refractivity contribution in [3.05, 3.63) is 41.8 Å². The molecule has 30 heavy (non-hydrogen) atoms. The van der Waals surface area contributed by atoms with E-state index in [-0.39, 0.29) is 29.9 Å². The molecule has 0 aliphatic carbocycles. The summed E-state index contributed by atoms with van der Waals surface area (Å²) < 4.78 is 5.61. The lowest BCUT2D eigenvalue weighted by molar-refractivity contribution is -0.122. The molecule has 0 unspecified atom stereocenters. The molecule has 1 aliphatic heterocycles. The number of likely N-dealkylation sites (tertiary alicyclic amines) is 1. The largest absolute Gasteiger partial charge is 0.444 e. The van der Waals surface area contributed by atoms with Crippen LogP contribution in [0.1, 0.15) is 24.1 Å². The topological polar surface area (TPSA) is 94.8 Å². The van der Waals surface area contributed by atoms with E-state index in [2.05, 4.69) is 37.8 Å². The van der Waals surface area contributed by atoms with Crippen LogP contribution in [0.4, 0.5) is 0 Å². The van der Waals surface area contributed by atoms with E-state index in [0.717, 1.165) is 43.1 Å². The fourth-order valence-corrected chi connectivity index (χ4v) is 3.30. The number of guanidine groups is 1. The molecule has 0 radical (unpaired) electrons. The summed E-state index contributed by atoms with van der Waals surface area (Å²) >= 11 is 0. The number of aromatic nitrogens is 1. The van der Waals surface area contributed by atoms with Crippen molar-refractivity contribution in [2.45, 2.75) is 32.4 Å². The Morgan fingerprint density at radius 2 is 1.97 bits per heavy atom. The Morgan fingerprint density at radius 3 is 2.60 bits per heavy atom. The summed E-state index contributed by atoms with van der Waals surface area (Å²) in [7, 11) is 3.43. The number of nitrogens with zero attached hydrogens (tertiary/aromatic N) is 3. The van der Waals surface area contributed by atoms with Gasteiger partial charge in [0.1, 0.15) is 6.26 Å². The maximum absolute atomic E-state index is 11.5. The van der Waals surface area contributed by atoms with Gasteiger partial charge in [-0.2, -0.15) is 0 Å². The summed E-state index contributed by atoms with van der Waals surface area (Å²) in [5, 5.41) is 9.43. The summed E-state index contributed by atoms with van der Waals surface area (Å²) in [5.74, 6) is 1.43. The number of carbonyl (C=O) groups is 1. The lowest BCUT2D eigenvalue weighted by Crippen LogP contribution is -2.49. The average molecular weight is 526 g/mol. The molecule has 2 heterocycles. The van der Waals surface area contributed by atoms with Crippen LogP contribution in [0.3, 0.4) is 0 Å². The zero-order valence-electron chi connectivity index (χ0n) is 17.8. The minimum absolute atomic E-state index is 0. The monoisotopic (exact) mass is 526 g/mol. The quantitative estimate of drug-likeness (QED) is 0.304. The first-order valence-electron chi connectivity index (χ1n) is 9.99. The lowest BCUT2D eigenvalue weighted by atomic mass is 10.1. The number of hydrogen-bond donors (Lipinski definition) is 3. The van der Waals surface area contributed by atoms with E-state index in [1.807, 2.05) is 24.3 Å². The highest BCUT2D eigenvalue weighted by Crippen LogP contribution is 2.19. The number of aryl methyl sites for hydroxylation is 1. The predicted molar refractivity (Wildman–Crippen MR) is 129 cm³/mol. The number of piperidine rings is 1. The number of likely N-dealkylation sites (N-methyl/N-ethyl adjacent to an activating group) is 1. The van der Waals surface area contributed by atoms with Crippen molar-refractivity contribution in [2.24, 2.45) is 4.99 Å². The predicted octanol–water partition coefficient (Wildman–Crippen LogP) is 2.14. The van der Waals surface area contributed by atoms with Gasteiger partial charge in [0, 0.05) is 38.8 Å². The summed E-state index contributed by atoms with van der Waals surface area (Å²) in [6.07, 6.45) is 3.62. The SMILES string of the molecule is CN=C(NCc1coc(-c2ccc(C)cc2)n1)NC1CCN(CC(=O)NC)CC1.I. The molecule has 2 aromatic rings. The Balaban J connectivity index is 0.00000320. The van der Waals surface area contributed by atoms with E-state index in [4.69, 9.17) is 4.42 Å². The first-order valence-corrected chi connectivity index (χ1v) is 9.99. The zero-order valence-corrected chi connectivity index (χ0v) is 20.1. The van der Waals surface area contributed by atoms with Crippen LogP contribution < -0.4 is 16.0 Å². The maximum atomic E-state index is 11.5. The molecule has 3 N–H and O–H groups in total. The second-order valence-electron chi connectivity index (χ2n) is 7.30. The van der Waals surface area contributed by atoms with E-state index in [0.29, 0.717) is 25.0 Å². The molecule has 8 nitrogen and oxygen atoms in total. The fourth-order valence-electron chi connectivity index (χ4n) is 3.30. The molecule has 1 saturated heterocycles. The van der Waals surface area contributed by atoms with Crippen LogP contribution in [-0.2, 0) is 11.3 Å². The number of rotatable bonds is 6. The first kappa shape index (κ1) is 24.1. The Morgan fingerprint density at radius 1 is 1.27 bits per heavy atom. The number of benzene rings is 1. The highest BCUT2D eigenvalue weighted by Gasteiger charge is 2.21. The highest BCUT2D eigenvalue weighted by atomic mass is 127. The molecule has 1 aromatic carbocycles. The third-order valence-corrected chi connectivity index (χ3v) is 5.09. The minimum atomic E-state index is 0. The Bertz CT molecular complexity index is 828. The minimum Gasteiger partial charge on any atom is -0.444 e. The van der Waals surface area contributed by atoms with Crippen LogP contribution in [0.25, 0.3) is 11.5 Å². The van der Waals surface area contributed by atoms with Gasteiger partial charge in [0.05, 0.1) is 18.8 Å². The smallest absolute Gasteiger partial charge is 0.233 e. The van der Waals surface area contributed by atoms with Crippen molar-refractivity contribution in [3.63, 3.8) is 0 Å². The number of halogens is 1. The number of nitrogens with one attached hydrogen (secondary N) is 3. The van der Waals surface area contributed by atoms with Gasteiger partial charge in [-0.15, -0.1) is 24.0 Å². The third-order valence-electron chi connectivity index (χ3n) is 5.09. The van der Waals surface area contributed by atoms with Gasteiger partial charge in [-0.05, 0) is 31.9 Å². The number of hydrogen-bond acceptors (Lipinski definition) is 5. The zero-order chi connectivity index (χ0) is 20.6. The third kappa shape index (κ3) is 6.98. The molecule has 3 rings (SSSR count). The Labute approximate surface area is 194 Å². The van der Waals surface area contributed by atoms with Crippen LogP contribution in [0.5, 0.6) is 0 Å². The van der Waals surface area contributed by atoms with Gasteiger partial charge in [0.25, 0.3) is 0 Å². The summed E-state index contributed by atoms with van der Waals surface area (Å²) in [4.78, 5) is 22.5. The van der Waals surface area contributed by atoms with E-state index >= 15 is 0 Å². The van der Waals surface area contributed by atoms with Crippen molar-refractivity contribution < 1.29 is 9.21 Å². The van der Waals surface area contributed by atoms with Gasteiger partial charge in [-0.3, -0.25) is 14.7 Å². The second-order valence-corrected chi connectivity index (χ2v) is 7.30. The number of oxazole rings is 1. The van der Waals surface area contributed by atoms with Crippen LogP contribution in [0, 0.1) is 6.92 Å². The summed E-state index contributed by atoms with van der Waals surface area (Å²) in [6.45, 7) is 4.84. The van der Waals surface area contributed by atoms with E-state index in [1.165, 1.54) is 5.56 Å². The fraction of sp³-hybridized carbons (Fsp3) is 0.476. The molecule has 0 spiro atoms. The van der Waals surface area contributed by atoms with Crippen LogP contribution in [-0.4, -0.2) is 61.5 Å². The van der Waals surface area contributed by atoms with Gasteiger partial charge in [-0.25, -0.2) is 4.98 Å². The van der Waals surface area contributed by atoms with Gasteiger partial charge in [0.2, 0.25) is 11.8 Å². The highest BCUT2D eigenvalue weighted by molar-refractivity contribution is 14.0. The molecule has 1 aromatic heterocycles. The summed E-state index contributed by atoms with van der Waals surface area (Å²) in [5.41, 5.74) is 2.99. The van der Waals surface area contributed by atoms with Crippen molar-refractivity contribution in [3.8, 4) is 11.5 Å². The second kappa shape index (κ2) is 11.9. The molecule has 1 amide bonds. The molecule has 0 atom stereocenters. The molecule has 1 fully saturated rings. The molecule has 0 bridgehead atoms. The lowest BCUT2D eigenvalue weighted by Gasteiger charge is -2.32. The van der Waals surface area contributed by atoms with Gasteiger partial charge in [0.15, 0.2) is 5.96 Å². The van der Waals surface area contributed by atoms with Gasteiger partial charge in [-0.1, -0.05) is 17.7 Å². The van der Waals surface area contributed by atoms with Crippen molar-refractivity contribution in [2.75, 3.05) is 33.7 Å². The van der Waals surface area contributed by atoms with Crippen LogP contribution in [0.2, 0.25) is 0 Å². The molecule has 9 heteroatoms. The number of aliphatic imine (C=N–C) groups is 1. The van der Waals surface area contributed by atoms with Crippen molar-refractivity contribution >= 4 is 35.8 Å². The van der Waals surface area contributed by atoms with Gasteiger partial charge < -0.3 is 20.4 Å². The van der Waals surface area contributed by atoms with E-state index < -0.39 is 0 Å². The Kier molecular flexibility index (Phi) is 9.57. The molecular formula is C21H31IN6O2. The normalized spacial score (nSPS) is 15.4. The molecule has 164 valence electrons. The van der Waals surface area contributed by atoms with E-state index in [1.54, 1.807) is 20.4 Å². The van der Waals surface area contributed by atoms with Crippen LogP contribution >= 0.6 is 24.0 Å². The molecule has 1 aliphatic rings. The summed E-state index contributed by atoms with van der Waals surface area (Å²) in [6, 6.07) is 8.44. The first-order chi connectivity index (χ1) is 14.1.